The van der Waals surface area contributed by atoms with Crippen molar-refractivity contribution >= 4 is 21.8 Å². The summed E-state index contributed by atoms with van der Waals surface area (Å²) >= 11 is 0. The van der Waals surface area contributed by atoms with Crippen LogP contribution in [0.25, 0.3) is 27.8 Å². The number of hydrogen-bond acceptors (Lipinski definition) is 7. The molecular formula is C16H11N9O2. The van der Waals surface area contributed by atoms with E-state index in [2.05, 4.69) is 30.4 Å². The predicted molar refractivity (Wildman–Crippen MR) is 94.6 cm³/mol. The van der Waals surface area contributed by atoms with Gasteiger partial charge in [-0.25, -0.2) is 18.9 Å². The molecule has 0 spiro atoms. The van der Waals surface area contributed by atoms with Crippen molar-refractivity contribution in [1.29, 1.82) is 0 Å². The van der Waals surface area contributed by atoms with E-state index in [1.807, 2.05) is 0 Å². The van der Waals surface area contributed by atoms with Crippen LogP contribution in [0.4, 0.5) is 0 Å². The molecule has 0 aliphatic heterocycles. The number of rotatable bonds is 2. The zero-order valence-corrected chi connectivity index (χ0v) is 13.9. The molecule has 5 rings (SSSR count). The Hall–Kier alpha value is -4.15. The Morgan fingerprint density at radius 3 is 2.33 bits per heavy atom. The molecule has 0 atom stereocenters. The van der Waals surface area contributed by atoms with Crippen molar-refractivity contribution in [2.24, 2.45) is 0 Å². The molecule has 132 valence electrons. The van der Waals surface area contributed by atoms with Crippen molar-refractivity contribution in [2.45, 2.75) is 6.92 Å². The Morgan fingerprint density at radius 1 is 0.926 bits per heavy atom. The highest BCUT2D eigenvalue weighted by molar-refractivity contribution is 5.91. The lowest BCUT2D eigenvalue weighted by molar-refractivity contribution is 0.632. The maximum Gasteiger partial charge on any atom is 0.279 e. The van der Waals surface area contributed by atoms with Crippen LogP contribution in [0.5, 0.6) is 0 Å². The molecule has 0 bridgehead atoms. The molecule has 1 N–H and O–H groups in total. The van der Waals surface area contributed by atoms with Crippen LogP contribution >= 0.6 is 0 Å². The largest absolute Gasteiger partial charge is 0.279 e. The monoisotopic (exact) mass is 361 g/mol. The molecular weight excluding hydrogens is 350 g/mol. The third-order valence-electron chi connectivity index (χ3n) is 4.18. The summed E-state index contributed by atoms with van der Waals surface area (Å²) in [6.07, 6.45) is 5.94. The Kier molecular flexibility index (Phi) is 3.04. The Labute approximate surface area is 149 Å². The van der Waals surface area contributed by atoms with E-state index in [1.54, 1.807) is 37.5 Å². The first kappa shape index (κ1) is 15.1. The van der Waals surface area contributed by atoms with Crippen molar-refractivity contribution in [3.05, 3.63) is 69.8 Å². The van der Waals surface area contributed by atoms with Crippen molar-refractivity contribution in [1.82, 2.24) is 44.3 Å². The molecule has 0 aliphatic rings. The van der Waals surface area contributed by atoms with E-state index in [1.165, 1.54) is 26.6 Å². The van der Waals surface area contributed by atoms with Gasteiger partial charge in [0.05, 0.1) is 21.8 Å². The van der Waals surface area contributed by atoms with Gasteiger partial charge in [-0.3, -0.25) is 14.7 Å². The normalized spacial score (nSPS) is 11.4. The first-order valence-corrected chi connectivity index (χ1v) is 7.94. The van der Waals surface area contributed by atoms with E-state index in [4.69, 9.17) is 0 Å². The van der Waals surface area contributed by atoms with Crippen LogP contribution in [0.1, 0.15) is 5.82 Å². The van der Waals surface area contributed by atoms with E-state index < -0.39 is 0 Å². The van der Waals surface area contributed by atoms with Crippen molar-refractivity contribution in [3.63, 3.8) is 0 Å². The molecule has 11 nitrogen and oxygen atoms in total. The van der Waals surface area contributed by atoms with Crippen LogP contribution < -0.4 is 11.1 Å². The van der Waals surface area contributed by atoms with Gasteiger partial charge in [-0.2, -0.15) is 4.98 Å². The van der Waals surface area contributed by atoms with Gasteiger partial charge in [0.15, 0.2) is 0 Å². The van der Waals surface area contributed by atoms with Crippen LogP contribution in [-0.2, 0) is 0 Å². The lowest BCUT2D eigenvalue weighted by Crippen LogP contribution is -2.25. The Morgan fingerprint density at radius 2 is 1.63 bits per heavy atom. The molecule has 0 aliphatic carbocycles. The zero-order chi connectivity index (χ0) is 18.5. The molecule has 5 aromatic heterocycles. The van der Waals surface area contributed by atoms with Gasteiger partial charge >= 0.3 is 0 Å². The fourth-order valence-corrected chi connectivity index (χ4v) is 2.90. The SMILES string of the molecule is Cc1nc(-n2ccc3nc4ccn(-n5cnnc5)c(=O)c4cc3c2=O)n[nH]1. The number of aromatic nitrogens is 9. The van der Waals surface area contributed by atoms with Gasteiger partial charge in [-0.05, 0) is 25.1 Å². The number of nitrogens with zero attached hydrogens (tertiary/aromatic N) is 8. The highest BCUT2D eigenvalue weighted by atomic mass is 16.1. The third kappa shape index (κ3) is 2.25. The summed E-state index contributed by atoms with van der Waals surface area (Å²) in [6, 6.07) is 4.92. The van der Waals surface area contributed by atoms with E-state index in [0.717, 1.165) is 0 Å². The second-order valence-corrected chi connectivity index (χ2v) is 5.87. The molecule has 0 fully saturated rings. The van der Waals surface area contributed by atoms with Crippen molar-refractivity contribution < 1.29 is 0 Å². The fraction of sp³-hybridized carbons (Fsp3) is 0.0625. The van der Waals surface area contributed by atoms with E-state index in [-0.39, 0.29) is 17.1 Å². The first-order chi connectivity index (χ1) is 13.1. The Balaban J connectivity index is 1.81. The van der Waals surface area contributed by atoms with Crippen LogP contribution in [0.3, 0.4) is 0 Å². The van der Waals surface area contributed by atoms with Crippen molar-refractivity contribution in [3.8, 4) is 5.95 Å². The summed E-state index contributed by atoms with van der Waals surface area (Å²) in [7, 11) is 0. The summed E-state index contributed by atoms with van der Waals surface area (Å²) in [5.41, 5.74) is 0.269. The molecule has 11 heteroatoms. The van der Waals surface area contributed by atoms with Gasteiger partial charge in [0.1, 0.15) is 18.5 Å². The minimum absolute atomic E-state index is 0.231. The van der Waals surface area contributed by atoms with Gasteiger partial charge in [0, 0.05) is 12.4 Å². The minimum Gasteiger partial charge on any atom is -0.268 e. The van der Waals surface area contributed by atoms with Gasteiger partial charge < -0.3 is 0 Å². The average Bonchev–Trinajstić information content (AvgIpc) is 3.33. The molecule has 5 heterocycles. The minimum atomic E-state index is -0.361. The molecule has 0 saturated heterocycles. The third-order valence-corrected chi connectivity index (χ3v) is 4.18. The van der Waals surface area contributed by atoms with Crippen LogP contribution in [0.2, 0.25) is 0 Å². The fourth-order valence-electron chi connectivity index (χ4n) is 2.90. The summed E-state index contributed by atoms with van der Waals surface area (Å²) in [5.74, 6) is 0.819. The van der Waals surface area contributed by atoms with E-state index in [0.29, 0.717) is 27.6 Å². The summed E-state index contributed by atoms with van der Waals surface area (Å²) < 4.78 is 4.07. The molecule has 0 aromatic carbocycles. The highest BCUT2D eigenvalue weighted by Gasteiger charge is 2.12. The summed E-state index contributed by atoms with van der Waals surface area (Å²) in [5, 5.41) is 14.7. The van der Waals surface area contributed by atoms with Gasteiger partial charge in [-0.15, -0.1) is 15.3 Å². The highest BCUT2D eigenvalue weighted by Crippen LogP contribution is 2.15. The Bertz CT molecular complexity index is 1430. The molecule has 5 aromatic rings. The zero-order valence-electron chi connectivity index (χ0n) is 13.9. The second-order valence-electron chi connectivity index (χ2n) is 5.87. The van der Waals surface area contributed by atoms with Crippen LogP contribution in [0.15, 0.2) is 52.8 Å². The van der Waals surface area contributed by atoms with E-state index in [9.17, 15) is 9.59 Å². The maximum absolute atomic E-state index is 12.9. The summed E-state index contributed by atoms with van der Waals surface area (Å²) in [4.78, 5) is 34.4. The number of H-pyrrole nitrogens is 1. The quantitative estimate of drug-likeness (QED) is 0.439. The smallest absolute Gasteiger partial charge is 0.268 e. The lowest BCUT2D eigenvalue weighted by Gasteiger charge is -2.08. The second kappa shape index (κ2) is 5.42. The number of fused-ring (bicyclic) bond motifs is 2. The number of pyridine rings is 3. The molecule has 0 saturated carbocycles. The van der Waals surface area contributed by atoms with E-state index >= 15 is 0 Å². The molecule has 0 unspecified atom stereocenters. The van der Waals surface area contributed by atoms with Gasteiger partial charge in [0.25, 0.3) is 17.1 Å². The summed E-state index contributed by atoms with van der Waals surface area (Å²) in [6.45, 7) is 1.74. The van der Waals surface area contributed by atoms with Crippen molar-refractivity contribution in [2.75, 3.05) is 0 Å². The van der Waals surface area contributed by atoms with Crippen LogP contribution in [0, 0.1) is 6.92 Å². The molecule has 0 amide bonds. The standard InChI is InChI=1S/C16H11N9O2/c1-9-19-16(22-21-9)24-4-2-12-10(14(24)26)6-11-13(20-12)3-5-25(15(11)27)23-7-17-18-8-23/h2-8H,1H3,(H,19,21,22). The molecule has 0 radical (unpaired) electrons. The predicted octanol–water partition coefficient (Wildman–Crippen LogP) is 0.0300. The van der Waals surface area contributed by atoms with Gasteiger partial charge in [0.2, 0.25) is 0 Å². The first-order valence-electron chi connectivity index (χ1n) is 7.94. The number of hydrogen-bond donors (Lipinski definition) is 1. The number of aryl methyl sites for hydroxylation is 1. The van der Waals surface area contributed by atoms with Crippen LogP contribution in [-0.4, -0.2) is 44.3 Å². The lowest BCUT2D eigenvalue weighted by atomic mass is 10.2. The maximum atomic E-state index is 12.9. The van der Waals surface area contributed by atoms with Gasteiger partial charge in [-0.1, -0.05) is 0 Å². The number of aromatic amines is 1. The molecule has 27 heavy (non-hydrogen) atoms. The average molecular weight is 361 g/mol. The topological polar surface area (TPSA) is 129 Å². The number of nitrogens with one attached hydrogen (secondary N) is 1.